The van der Waals surface area contributed by atoms with E-state index in [4.69, 9.17) is 5.73 Å². The number of aryl methyl sites for hydroxylation is 1. The van der Waals surface area contributed by atoms with Crippen LogP contribution in [0.4, 0.5) is 0 Å². The van der Waals surface area contributed by atoms with E-state index in [0.29, 0.717) is 6.54 Å². The Morgan fingerprint density at radius 1 is 1.50 bits per heavy atom. The van der Waals surface area contributed by atoms with Crippen molar-refractivity contribution in [1.82, 2.24) is 4.98 Å². The molecule has 0 bridgehead atoms. The quantitative estimate of drug-likeness (QED) is 0.812. The Labute approximate surface area is 108 Å². The molecular weight excluding hydrogens is 228 g/mol. The third-order valence-electron chi connectivity index (χ3n) is 3.21. The van der Waals surface area contributed by atoms with Crippen molar-refractivity contribution in [3.05, 3.63) is 29.1 Å². The van der Waals surface area contributed by atoms with E-state index in [-0.39, 0.29) is 11.1 Å². The van der Waals surface area contributed by atoms with Crippen LogP contribution in [0.25, 0.3) is 0 Å². The lowest BCUT2D eigenvalue weighted by molar-refractivity contribution is 0.0687. The number of nitrogens with zero attached hydrogens (tertiary/aromatic N) is 1. The number of aromatic carboxylic acids is 1. The average molecular weight is 250 g/mol. The average Bonchev–Trinajstić information content (AvgIpc) is 2.35. The van der Waals surface area contributed by atoms with Crippen molar-refractivity contribution < 1.29 is 9.90 Å². The van der Waals surface area contributed by atoms with Gasteiger partial charge in [0.05, 0.1) is 0 Å². The van der Waals surface area contributed by atoms with E-state index in [1.165, 1.54) is 0 Å². The van der Waals surface area contributed by atoms with Crippen LogP contribution in [0, 0.1) is 0 Å². The van der Waals surface area contributed by atoms with Gasteiger partial charge < -0.3 is 10.8 Å². The summed E-state index contributed by atoms with van der Waals surface area (Å²) >= 11 is 0. The van der Waals surface area contributed by atoms with Gasteiger partial charge in [-0.2, -0.15) is 0 Å². The Kier molecular flexibility index (Phi) is 4.84. The van der Waals surface area contributed by atoms with Gasteiger partial charge in [-0.05, 0) is 24.0 Å². The minimum absolute atomic E-state index is 0.116. The van der Waals surface area contributed by atoms with Gasteiger partial charge in [-0.25, -0.2) is 9.78 Å². The summed E-state index contributed by atoms with van der Waals surface area (Å²) in [6.45, 7) is 6.41. The van der Waals surface area contributed by atoms with Gasteiger partial charge in [0, 0.05) is 18.2 Å². The maximum atomic E-state index is 11.2. The highest BCUT2D eigenvalue weighted by molar-refractivity contribution is 5.87. The van der Waals surface area contributed by atoms with Crippen molar-refractivity contribution in [2.75, 3.05) is 6.54 Å². The highest BCUT2D eigenvalue weighted by atomic mass is 16.4. The number of hydrogen-bond acceptors (Lipinski definition) is 3. The van der Waals surface area contributed by atoms with Gasteiger partial charge in [-0.1, -0.05) is 33.3 Å². The van der Waals surface area contributed by atoms with Gasteiger partial charge >= 0.3 is 5.97 Å². The van der Waals surface area contributed by atoms with Crippen LogP contribution in [0.5, 0.6) is 0 Å². The van der Waals surface area contributed by atoms with E-state index in [9.17, 15) is 9.90 Å². The molecule has 0 amide bonds. The van der Waals surface area contributed by atoms with E-state index in [1.807, 2.05) is 19.9 Å². The summed E-state index contributed by atoms with van der Waals surface area (Å²) in [4.78, 5) is 15.3. The molecule has 0 atom stereocenters. The monoisotopic (exact) mass is 250 g/mol. The number of aromatic nitrogens is 1. The Hall–Kier alpha value is -1.42. The van der Waals surface area contributed by atoms with Crippen LogP contribution in [0.1, 0.15) is 55.2 Å². The van der Waals surface area contributed by atoms with Crippen molar-refractivity contribution in [1.29, 1.82) is 0 Å². The lowest BCUT2D eigenvalue weighted by Crippen LogP contribution is -2.31. The van der Waals surface area contributed by atoms with Crippen LogP contribution in [-0.2, 0) is 11.8 Å². The van der Waals surface area contributed by atoms with Gasteiger partial charge in [-0.15, -0.1) is 0 Å². The molecule has 4 heteroatoms. The summed E-state index contributed by atoms with van der Waals surface area (Å²) in [7, 11) is 0. The van der Waals surface area contributed by atoms with Crippen LogP contribution < -0.4 is 5.73 Å². The van der Waals surface area contributed by atoms with Crippen molar-refractivity contribution in [3.63, 3.8) is 0 Å². The zero-order chi connectivity index (χ0) is 13.8. The highest BCUT2D eigenvalue weighted by Gasteiger charge is 2.26. The summed E-state index contributed by atoms with van der Waals surface area (Å²) in [6.07, 6.45) is 4.78. The zero-order valence-electron chi connectivity index (χ0n) is 11.4. The van der Waals surface area contributed by atoms with Crippen molar-refractivity contribution in [3.8, 4) is 0 Å². The number of hydrogen-bond donors (Lipinski definition) is 2. The third kappa shape index (κ3) is 3.29. The number of rotatable bonds is 6. The predicted molar refractivity (Wildman–Crippen MR) is 71.9 cm³/mol. The molecule has 1 rings (SSSR count). The topological polar surface area (TPSA) is 76.2 Å². The molecule has 0 aromatic carbocycles. The van der Waals surface area contributed by atoms with E-state index >= 15 is 0 Å². The summed E-state index contributed by atoms with van der Waals surface area (Å²) in [6, 6.07) is 1.94. The number of carboxylic acid groups (broad SMARTS) is 1. The lowest BCUT2D eigenvalue weighted by atomic mass is 9.82. The molecule has 0 saturated carbocycles. The van der Waals surface area contributed by atoms with E-state index < -0.39 is 5.97 Å². The molecule has 100 valence electrons. The Bertz CT molecular complexity index is 428. The second-order valence-electron chi connectivity index (χ2n) is 5.24. The molecule has 4 nitrogen and oxygen atoms in total. The largest absolute Gasteiger partial charge is 0.477 e. The SMILES string of the molecule is CCCCc1cnc(C(=O)O)c(C(C)(C)CN)c1. The number of carboxylic acids is 1. The summed E-state index contributed by atoms with van der Waals surface area (Å²) in [5, 5.41) is 9.19. The minimum atomic E-state index is -0.992. The molecule has 0 spiro atoms. The molecule has 18 heavy (non-hydrogen) atoms. The fraction of sp³-hybridized carbons (Fsp3) is 0.571. The van der Waals surface area contributed by atoms with Gasteiger partial charge in [0.15, 0.2) is 5.69 Å². The van der Waals surface area contributed by atoms with Crippen molar-refractivity contribution in [2.24, 2.45) is 5.73 Å². The van der Waals surface area contributed by atoms with Crippen LogP contribution in [0.3, 0.4) is 0 Å². The smallest absolute Gasteiger partial charge is 0.354 e. The summed E-state index contributed by atoms with van der Waals surface area (Å²) in [5.41, 5.74) is 7.29. The predicted octanol–water partition coefficient (Wildman–Crippen LogP) is 2.36. The number of carbonyl (C=O) groups is 1. The molecular formula is C14H22N2O2. The van der Waals surface area contributed by atoms with Gasteiger partial charge in [0.25, 0.3) is 0 Å². The third-order valence-corrected chi connectivity index (χ3v) is 3.21. The maximum absolute atomic E-state index is 11.2. The maximum Gasteiger partial charge on any atom is 0.354 e. The van der Waals surface area contributed by atoms with Gasteiger partial charge in [0.1, 0.15) is 0 Å². The van der Waals surface area contributed by atoms with Crippen molar-refractivity contribution in [2.45, 2.75) is 45.4 Å². The first-order chi connectivity index (χ1) is 8.42. The highest BCUT2D eigenvalue weighted by Crippen LogP contribution is 2.26. The standard InChI is InChI=1S/C14H22N2O2/c1-4-5-6-10-7-11(14(2,3)9-15)12(13(17)18)16-8-10/h7-8H,4-6,9,15H2,1-3H3,(H,17,18). The summed E-state index contributed by atoms with van der Waals surface area (Å²) in [5.74, 6) is -0.992. The zero-order valence-corrected chi connectivity index (χ0v) is 11.4. The van der Waals surface area contributed by atoms with Crippen LogP contribution in [0.15, 0.2) is 12.3 Å². The van der Waals surface area contributed by atoms with E-state index in [0.717, 1.165) is 30.4 Å². The molecule has 0 fully saturated rings. The first-order valence-electron chi connectivity index (χ1n) is 6.35. The fourth-order valence-corrected chi connectivity index (χ4v) is 1.82. The first-order valence-corrected chi connectivity index (χ1v) is 6.35. The molecule has 1 heterocycles. The van der Waals surface area contributed by atoms with Gasteiger partial charge in [-0.3, -0.25) is 0 Å². The number of pyridine rings is 1. The van der Waals surface area contributed by atoms with Crippen LogP contribution >= 0.6 is 0 Å². The fourth-order valence-electron chi connectivity index (χ4n) is 1.82. The Morgan fingerprint density at radius 2 is 2.17 bits per heavy atom. The molecule has 0 aliphatic rings. The molecule has 0 saturated heterocycles. The van der Waals surface area contributed by atoms with Gasteiger partial charge in [0.2, 0.25) is 0 Å². The molecule has 1 aromatic heterocycles. The minimum Gasteiger partial charge on any atom is -0.477 e. The molecule has 0 unspecified atom stereocenters. The van der Waals surface area contributed by atoms with E-state index in [2.05, 4.69) is 11.9 Å². The molecule has 3 N–H and O–H groups in total. The molecule has 0 aliphatic carbocycles. The molecule has 0 aliphatic heterocycles. The second-order valence-corrected chi connectivity index (χ2v) is 5.24. The second kappa shape index (κ2) is 5.96. The number of nitrogens with two attached hydrogens (primary N) is 1. The first kappa shape index (κ1) is 14.6. The number of unbranched alkanes of at least 4 members (excludes halogenated alkanes) is 1. The van der Waals surface area contributed by atoms with Crippen molar-refractivity contribution >= 4 is 5.97 Å². The Morgan fingerprint density at radius 3 is 2.67 bits per heavy atom. The normalized spacial score (nSPS) is 11.6. The lowest BCUT2D eigenvalue weighted by Gasteiger charge is -2.25. The van der Waals surface area contributed by atoms with E-state index in [1.54, 1.807) is 6.20 Å². The molecule has 1 aromatic rings. The summed E-state index contributed by atoms with van der Waals surface area (Å²) < 4.78 is 0. The molecule has 0 radical (unpaired) electrons. The van der Waals surface area contributed by atoms with Crippen LogP contribution in [-0.4, -0.2) is 22.6 Å². The Balaban J connectivity index is 3.20. The van der Waals surface area contributed by atoms with Crippen LogP contribution in [0.2, 0.25) is 0 Å².